The predicted molar refractivity (Wildman–Crippen MR) is 100 cm³/mol. The predicted octanol–water partition coefficient (Wildman–Crippen LogP) is 5.05. The van der Waals surface area contributed by atoms with Crippen molar-refractivity contribution in [3.8, 4) is 0 Å². The van der Waals surface area contributed by atoms with Crippen molar-refractivity contribution in [2.45, 2.75) is 33.6 Å². The number of hydrogen-bond donors (Lipinski definition) is 1. The number of carbonyl (C=O) groups is 1. The first-order valence-corrected chi connectivity index (χ1v) is 8.72. The van der Waals surface area contributed by atoms with E-state index in [9.17, 15) is 4.79 Å². The monoisotopic (exact) mass is 345 g/mol. The Labute approximate surface area is 148 Å². The van der Waals surface area contributed by atoms with Gasteiger partial charge in [-0.05, 0) is 49.6 Å². The summed E-state index contributed by atoms with van der Waals surface area (Å²) in [5.74, 6) is -0.0100. The molecule has 0 aliphatic heterocycles. The number of halogens is 1. The van der Waals surface area contributed by atoms with Crippen LogP contribution in [0, 0.1) is 6.92 Å². The zero-order chi connectivity index (χ0) is 17.5. The Morgan fingerprint density at radius 1 is 1.17 bits per heavy atom. The average Bonchev–Trinajstić information content (AvgIpc) is 2.59. The van der Waals surface area contributed by atoms with Crippen molar-refractivity contribution in [3.05, 3.63) is 52.8 Å². The molecule has 0 saturated carbocycles. The molecule has 128 valence electrons. The van der Waals surface area contributed by atoms with Gasteiger partial charge in [0.25, 0.3) is 5.91 Å². The third-order valence-corrected chi connectivity index (χ3v) is 4.21. The van der Waals surface area contributed by atoms with Crippen LogP contribution in [0.2, 0.25) is 5.02 Å². The van der Waals surface area contributed by atoms with E-state index in [4.69, 9.17) is 11.6 Å². The van der Waals surface area contributed by atoms with Gasteiger partial charge in [-0.3, -0.25) is 4.79 Å². The second kappa shape index (κ2) is 8.69. The van der Waals surface area contributed by atoms with Crippen LogP contribution >= 0.6 is 11.6 Å². The average molecular weight is 346 g/mol. The number of carbonyl (C=O) groups excluding carboxylic acids is 1. The molecule has 2 rings (SSSR count). The molecule has 1 heterocycles. The van der Waals surface area contributed by atoms with Crippen LogP contribution in [0.3, 0.4) is 0 Å². The second-order valence-electron chi connectivity index (χ2n) is 5.76. The summed E-state index contributed by atoms with van der Waals surface area (Å²) in [6.07, 6.45) is 3.57. The lowest BCUT2D eigenvalue weighted by atomic mass is 10.2. The van der Waals surface area contributed by atoms with Gasteiger partial charge in [0.05, 0.1) is 11.9 Å². The van der Waals surface area contributed by atoms with E-state index in [1.165, 1.54) is 0 Å². The summed E-state index contributed by atoms with van der Waals surface area (Å²) in [5, 5.41) is 4.00. The van der Waals surface area contributed by atoms with E-state index in [2.05, 4.69) is 24.1 Å². The van der Waals surface area contributed by atoms with Crippen LogP contribution < -0.4 is 5.32 Å². The Kier molecular flexibility index (Phi) is 6.62. The number of benzene rings is 1. The highest BCUT2D eigenvalue weighted by molar-refractivity contribution is 6.31. The summed E-state index contributed by atoms with van der Waals surface area (Å²) in [6.45, 7) is 7.63. The van der Waals surface area contributed by atoms with E-state index in [1.54, 1.807) is 12.3 Å². The fraction of sp³-hybridized carbons (Fsp3) is 0.368. The van der Waals surface area contributed by atoms with E-state index < -0.39 is 0 Å². The molecule has 0 fully saturated rings. The van der Waals surface area contributed by atoms with Gasteiger partial charge in [0.15, 0.2) is 0 Å². The Morgan fingerprint density at radius 3 is 2.46 bits per heavy atom. The molecule has 2 aromatic rings. The first-order valence-electron chi connectivity index (χ1n) is 8.34. The summed E-state index contributed by atoms with van der Waals surface area (Å²) in [7, 11) is 0. The van der Waals surface area contributed by atoms with Crippen LogP contribution in [0.15, 0.2) is 36.5 Å². The van der Waals surface area contributed by atoms with Crippen molar-refractivity contribution in [1.29, 1.82) is 0 Å². The molecular formula is C19H24ClN3O. The van der Waals surface area contributed by atoms with Gasteiger partial charge in [0, 0.05) is 23.8 Å². The summed E-state index contributed by atoms with van der Waals surface area (Å²) in [5.41, 5.74) is 3.22. The lowest BCUT2D eigenvalue weighted by Crippen LogP contribution is -2.33. The molecule has 0 unspecified atom stereocenters. The largest absolute Gasteiger partial charge is 0.354 e. The first-order chi connectivity index (χ1) is 11.6. The number of pyridine rings is 1. The fourth-order valence-electron chi connectivity index (χ4n) is 2.51. The molecule has 0 radical (unpaired) electrons. The summed E-state index contributed by atoms with van der Waals surface area (Å²) in [6, 6.07) is 9.36. The van der Waals surface area contributed by atoms with E-state index in [0.29, 0.717) is 5.69 Å². The molecule has 0 aliphatic carbocycles. The number of rotatable bonds is 7. The second-order valence-corrected chi connectivity index (χ2v) is 6.17. The van der Waals surface area contributed by atoms with Crippen molar-refractivity contribution in [1.82, 2.24) is 9.88 Å². The lowest BCUT2D eigenvalue weighted by Gasteiger charge is -2.21. The zero-order valence-electron chi connectivity index (χ0n) is 14.5. The number of amides is 1. The SMILES string of the molecule is CCCN(CCC)C(=O)c1ccc(Nc2cccc(Cl)c2C)cn1. The minimum absolute atomic E-state index is 0.0100. The first kappa shape index (κ1) is 18.3. The molecular weight excluding hydrogens is 322 g/mol. The van der Waals surface area contributed by atoms with E-state index in [1.807, 2.05) is 36.1 Å². The molecule has 1 amide bonds. The van der Waals surface area contributed by atoms with Gasteiger partial charge in [-0.25, -0.2) is 4.98 Å². The van der Waals surface area contributed by atoms with Crippen molar-refractivity contribution < 1.29 is 4.79 Å². The molecule has 0 atom stereocenters. The molecule has 5 heteroatoms. The highest BCUT2D eigenvalue weighted by Gasteiger charge is 2.15. The van der Waals surface area contributed by atoms with Crippen LogP contribution in [-0.4, -0.2) is 28.9 Å². The van der Waals surface area contributed by atoms with Crippen LogP contribution in [0.5, 0.6) is 0 Å². The Bertz CT molecular complexity index is 680. The van der Waals surface area contributed by atoms with Gasteiger partial charge >= 0.3 is 0 Å². The van der Waals surface area contributed by atoms with Gasteiger partial charge in [-0.1, -0.05) is 31.5 Å². The van der Waals surface area contributed by atoms with Gasteiger partial charge in [-0.15, -0.1) is 0 Å². The molecule has 24 heavy (non-hydrogen) atoms. The summed E-state index contributed by atoms with van der Waals surface area (Å²) < 4.78 is 0. The highest BCUT2D eigenvalue weighted by atomic mass is 35.5. The number of aromatic nitrogens is 1. The third-order valence-electron chi connectivity index (χ3n) is 3.80. The van der Waals surface area contributed by atoms with Gasteiger partial charge < -0.3 is 10.2 Å². The maximum Gasteiger partial charge on any atom is 0.272 e. The normalized spacial score (nSPS) is 10.5. The summed E-state index contributed by atoms with van der Waals surface area (Å²) >= 11 is 6.14. The minimum Gasteiger partial charge on any atom is -0.354 e. The van der Waals surface area contributed by atoms with Crippen molar-refractivity contribution in [2.24, 2.45) is 0 Å². The highest BCUT2D eigenvalue weighted by Crippen LogP contribution is 2.25. The van der Waals surface area contributed by atoms with Crippen LogP contribution in [0.4, 0.5) is 11.4 Å². The topological polar surface area (TPSA) is 45.2 Å². The number of nitrogens with zero attached hydrogens (tertiary/aromatic N) is 2. The molecule has 0 aliphatic rings. The maximum atomic E-state index is 12.5. The molecule has 4 nitrogen and oxygen atoms in total. The van der Waals surface area contributed by atoms with Gasteiger partial charge in [0.1, 0.15) is 5.69 Å². The van der Waals surface area contributed by atoms with Crippen molar-refractivity contribution >= 4 is 28.9 Å². The zero-order valence-corrected chi connectivity index (χ0v) is 15.2. The molecule has 1 N–H and O–H groups in total. The minimum atomic E-state index is -0.0100. The van der Waals surface area contributed by atoms with Crippen LogP contribution in [0.1, 0.15) is 42.7 Å². The Morgan fingerprint density at radius 2 is 1.88 bits per heavy atom. The van der Waals surface area contributed by atoms with Crippen molar-refractivity contribution in [2.75, 3.05) is 18.4 Å². The van der Waals surface area contributed by atoms with Gasteiger partial charge in [-0.2, -0.15) is 0 Å². The smallest absolute Gasteiger partial charge is 0.272 e. The summed E-state index contributed by atoms with van der Waals surface area (Å²) in [4.78, 5) is 18.7. The lowest BCUT2D eigenvalue weighted by molar-refractivity contribution is 0.0749. The van der Waals surface area contributed by atoms with Gasteiger partial charge in [0.2, 0.25) is 0 Å². The van der Waals surface area contributed by atoms with E-state index in [-0.39, 0.29) is 5.91 Å². The number of nitrogens with one attached hydrogen (secondary N) is 1. The van der Waals surface area contributed by atoms with E-state index >= 15 is 0 Å². The Balaban J connectivity index is 2.12. The number of hydrogen-bond acceptors (Lipinski definition) is 3. The van der Waals surface area contributed by atoms with E-state index in [0.717, 1.165) is 47.9 Å². The quantitative estimate of drug-likeness (QED) is 0.763. The Hall–Kier alpha value is -2.07. The molecule has 0 saturated heterocycles. The number of anilines is 2. The maximum absolute atomic E-state index is 12.5. The molecule has 0 spiro atoms. The third kappa shape index (κ3) is 4.48. The fourth-order valence-corrected chi connectivity index (χ4v) is 2.68. The standard InChI is InChI=1S/C19H24ClN3O/c1-4-11-23(12-5-2)19(24)18-10-9-15(13-21-18)22-17-8-6-7-16(20)14(17)3/h6-10,13,22H,4-5,11-12H2,1-3H3. The molecule has 0 bridgehead atoms. The molecule has 1 aromatic carbocycles. The van der Waals surface area contributed by atoms with Crippen molar-refractivity contribution in [3.63, 3.8) is 0 Å². The van der Waals surface area contributed by atoms with Crippen LogP contribution in [0.25, 0.3) is 0 Å². The molecule has 1 aromatic heterocycles. The van der Waals surface area contributed by atoms with Crippen LogP contribution in [-0.2, 0) is 0 Å².